The number of hydrogen-bond acceptors (Lipinski definition) is 4. The second-order valence-electron chi connectivity index (χ2n) is 13.7. The Morgan fingerprint density at radius 1 is 0.647 bits per heavy atom. The van der Waals surface area contributed by atoms with Crippen LogP contribution in [-0.2, 0) is 11.2 Å². The number of fused-ring (bicyclic) bond motifs is 4. The van der Waals surface area contributed by atoms with E-state index in [1.54, 1.807) is 0 Å². The molecule has 2 aromatic heterocycles. The molecule has 6 rings (SSSR count). The first-order valence-electron chi connectivity index (χ1n) is 13.2. The Labute approximate surface area is 204 Å². The lowest BCUT2D eigenvalue weighted by Crippen LogP contribution is -2.52. The largest absolute Gasteiger partial charge is 0.382 e. The van der Waals surface area contributed by atoms with Gasteiger partial charge in [-0.05, 0) is 74.6 Å². The van der Waals surface area contributed by atoms with E-state index in [2.05, 4.69) is 41.5 Å². The van der Waals surface area contributed by atoms with Gasteiger partial charge < -0.3 is 10.2 Å². The monoisotopic (exact) mass is 460 g/mol. The third-order valence-electron chi connectivity index (χ3n) is 11.6. The Morgan fingerprint density at radius 3 is 1.35 bits per heavy atom. The maximum Gasteiger partial charge on any atom is 0.117 e. The lowest BCUT2D eigenvalue weighted by molar-refractivity contribution is -0.153. The van der Waals surface area contributed by atoms with Crippen LogP contribution in [0, 0.1) is 33.5 Å². The Bertz CT molecular complexity index is 1070. The smallest absolute Gasteiger partial charge is 0.117 e. The van der Waals surface area contributed by atoms with Gasteiger partial charge in [-0.25, -0.2) is 9.97 Å². The maximum absolute atomic E-state index is 12.2. The van der Waals surface area contributed by atoms with Gasteiger partial charge in [0.1, 0.15) is 11.2 Å². The molecule has 6 atom stereocenters. The zero-order valence-electron chi connectivity index (χ0n) is 21.7. The zero-order chi connectivity index (χ0) is 24.4. The van der Waals surface area contributed by atoms with Crippen LogP contribution < -0.4 is 0 Å². The minimum atomic E-state index is -0.963. The first kappa shape index (κ1) is 22.7. The number of pyridine rings is 2. The molecule has 2 N–H and O–H groups in total. The lowest BCUT2D eigenvalue weighted by Gasteiger charge is -2.50. The van der Waals surface area contributed by atoms with Gasteiger partial charge in [0.2, 0.25) is 0 Å². The molecule has 4 saturated carbocycles. The molecule has 4 heteroatoms. The summed E-state index contributed by atoms with van der Waals surface area (Å²) in [6.45, 7) is 13.3. The molecule has 182 valence electrons. The number of aliphatic hydroxyl groups is 2. The van der Waals surface area contributed by atoms with Crippen LogP contribution in [0.1, 0.15) is 91.5 Å². The summed E-state index contributed by atoms with van der Waals surface area (Å²) < 4.78 is 0. The number of rotatable bonds is 3. The molecular formula is C30H40N2O2. The molecule has 0 radical (unpaired) electrons. The topological polar surface area (TPSA) is 66.2 Å². The molecule has 4 aliphatic rings. The van der Waals surface area contributed by atoms with Gasteiger partial charge in [0, 0.05) is 21.7 Å². The van der Waals surface area contributed by atoms with Crippen LogP contribution in [0.4, 0.5) is 0 Å². The summed E-state index contributed by atoms with van der Waals surface area (Å²) in [5.41, 5.74) is 0.377. The molecule has 0 unspecified atom stereocenters. The molecule has 2 heterocycles. The molecule has 0 aliphatic heterocycles. The fourth-order valence-electron chi connectivity index (χ4n) is 9.35. The minimum Gasteiger partial charge on any atom is -0.382 e. The third kappa shape index (κ3) is 2.38. The molecular weight excluding hydrogens is 420 g/mol. The van der Waals surface area contributed by atoms with Gasteiger partial charge in [-0.15, -0.1) is 0 Å². The summed E-state index contributed by atoms with van der Waals surface area (Å²) in [7, 11) is 0. The van der Waals surface area contributed by atoms with Crippen molar-refractivity contribution >= 4 is 0 Å². The normalized spacial score (nSPS) is 43.5. The van der Waals surface area contributed by atoms with Crippen molar-refractivity contribution in [3.05, 3.63) is 47.8 Å². The van der Waals surface area contributed by atoms with E-state index in [9.17, 15) is 10.2 Å². The van der Waals surface area contributed by atoms with Crippen LogP contribution in [-0.4, -0.2) is 20.2 Å². The number of hydrogen-bond donors (Lipinski definition) is 2. The van der Waals surface area contributed by atoms with Gasteiger partial charge >= 0.3 is 0 Å². The van der Waals surface area contributed by atoms with Crippen molar-refractivity contribution < 1.29 is 10.2 Å². The Kier molecular flexibility index (Phi) is 4.34. The zero-order valence-corrected chi connectivity index (χ0v) is 21.7. The molecule has 4 aliphatic carbocycles. The summed E-state index contributed by atoms with van der Waals surface area (Å²) in [5.74, 6) is 1.04. The van der Waals surface area contributed by atoms with Crippen LogP contribution in [0.2, 0.25) is 0 Å². The molecule has 4 fully saturated rings. The lowest BCUT2D eigenvalue weighted by atomic mass is 9.59. The van der Waals surface area contributed by atoms with E-state index in [-0.39, 0.29) is 21.7 Å². The summed E-state index contributed by atoms with van der Waals surface area (Å²) in [5, 5.41) is 24.5. The predicted octanol–water partition coefficient (Wildman–Crippen LogP) is 6.21. The van der Waals surface area contributed by atoms with Crippen molar-refractivity contribution in [2.75, 3.05) is 0 Å². The number of aromatic nitrogens is 2. The molecule has 0 aromatic carbocycles. The van der Waals surface area contributed by atoms with Gasteiger partial charge in [-0.2, -0.15) is 0 Å². The Hall–Kier alpha value is -1.78. The van der Waals surface area contributed by atoms with Crippen LogP contribution in [0.15, 0.2) is 36.4 Å². The highest BCUT2D eigenvalue weighted by Gasteiger charge is 2.71. The van der Waals surface area contributed by atoms with Gasteiger partial charge in [0.05, 0.1) is 22.8 Å². The van der Waals surface area contributed by atoms with Gasteiger partial charge in [-0.1, -0.05) is 53.7 Å². The summed E-state index contributed by atoms with van der Waals surface area (Å²) in [6.07, 6.45) is 6.56. The van der Waals surface area contributed by atoms with Gasteiger partial charge in [0.15, 0.2) is 0 Å². The quantitative estimate of drug-likeness (QED) is 0.571. The van der Waals surface area contributed by atoms with E-state index >= 15 is 0 Å². The fourth-order valence-corrected chi connectivity index (χ4v) is 9.35. The van der Waals surface area contributed by atoms with Crippen LogP contribution in [0.3, 0.4) is 0 Å². The Balaban J connectivity index is 1.44. The first-order valence-corrected chi connectivity index (χ1v) is 13.2. The third-order valence-corrected chi connectivity index (χ3v) is 11.6. The average Bonchev–Trinajstić information content (AvgIpc) is 3.49. The average molecular weight is 461 g/mol. The number of nitrogens with zero attached hydrogens (tertiary/aromatic N) is 2. The van der Waals surface area contributed by atoms with Gasteiger partial charge in [-0.3, -0.25) is 0 Å². The molecule has 0 amide bonds. The molecule has 2 aromatic rings. The van der Waals surface area contributed by atoms with E-state index in [0.717, 1.165) is 48.5 Å². The highest BCUT2D eigenvalue weighted by molar-refractivity contribution is 5.55. The predicted molar refractivity (Wildman–Crippen MR) is 134 cm³/mol. The second kappa shape index (κ2) is 6.50. The first-order chi connectivity index (χ1) is 15.8. The van der Waals surface area contributed by atoms with E-state index in [0.29, 0.717) is 11.8 Å². The van der Waals surface area contributed by atoms with Crippen molar-refractivity contribution in [3.8, 4) is 11.4 Å². The van der Waals surface area contributed by atoms with Crippen LogP contribution in [0.25, 0.3) is 11.4 Å². The summed E-state index contributed by atoms with van der Waals surface area (Å²) in [4.78, 5) is 10.1. The maximum atomic E-state index is 12.2. The molecule has 0 spiro atoms. The molecule has 4 nitrogen and oxygen atoms in total. The Morgan fingerprint density at radius 2 is 1.03 bits per heavy atom. The van der Waals surface area contributed by atoms with Crippen LogP contribution in [0.5, 0.6) is 0 Å². The fraction of sp³-hybridized carbons (Fsp3) is 0.667. The highest BCUT2D eigenvalue weighted by atomic mass is 16.3. The van der Waals surface area contributed by atoms with Crippen molar-refractivity contribution in [2.24, 2.45) is 33.5 Å². The van der Waals surface area contributed by atoms with Crippen molar-refractivity contribution in [1.29, 1.82) is 0 Å². The second-order valence-corrected chi connectivity index (χ2v) is 13.7. The van der Waals surface area contributed by atoms with E-state index in [4.69, 9.17) is 9.97 Å². The SMILES string of the molecule is CC1(C)[C@@H]2CC[C@@](C)(C2)[C@@]1(O)c1cccc(-c2cccc([C@@]3(O)C(C)(C)[C@@H]4CC[C@@]3(C)C4)n2)n1. The minimum absolute atomic E-state index is 0.154. The molecule has 34 heavy (non-hydrogen) atoms. The van der Waals surface area contributed by atoms with Crippen molar-refractivity contribution in [1.82, 2.24) is 9.97 Å². The van der Waals surface area contributed by atoms with Crippen molar-refractivity contribution in [2.45, 2.75) is 91.3 Å². The highest BCUT2D eigenvalue weighted by Crippen LogP contribution is 2.72. The van der Waals surface area contributed by atoms with Gasteiger partial charge in [0.25, 0.3) is 0 Å². The standard InChI is InChI=1S/C30H40N2O2/c1-25(2)19-13-15-27(5,17-19)29(25,33)23-11-7-9-21(31-23)22-10-8-12-24(32-22)30(34)26(3,4)20-14-16-28(30,6)18-20/h7-12,19-20,33-34H,13-18H2,1-6H3/t19-,20-,27+,28+,29-,30-/m1/s1. The van der Waals surface area contributed by atoms with E-state index < -0.39 is 11.2 Å². The van der Waals surface area contributed by atoms with Crippen molar-refractivity contribution in [3.63, 3.8) is 0 Å². The van der Waals surface area contributed by atoms with E-state index in [1.807, 2.05) is 36.4 Å². The van der Waals surface area contributed by atoms with Crippen LogP contribution >= 0.6 is 0 Å². The summed E-state index contributed by atoms with van der Waals surface area (Å²) >= 11 is 0. The van der Waals surface area contributed by atoms with E-state index in [1.165, 1.54) is 12.8 Å². The molecule has 0 saturated heterocycles. The molecule has 4 bridgehead atoms. The summed E-state index contributed by atoms with van der Waals surface area (Å²) in [6, 6.07) is 12.0.